The first-order valence-electron chi connectivity index (χ1n) is 7.25. The molecule has 2 rings (SSSR count). The lowest BCUT2D eigenvalue weighted by molar-refractivity contribution is 0.242. The molecule has 0 saturated carbocycles. The van der Waals surface area contributed by atoms with Crippen LogP contribution in [0.15, 0.2) is 29.6 Å². The molecule has 2 N–H and O–H groups in total. The predicted molar refractivity (Wildman–Crippen MR) is 89.7 cm³/mol. The monoisotopic (exact) mass is 304 g/mol. The summed E-state index contributed by atoms with van der Waals surface area (Å²) in [4.78, 5) is 4.69. The third-order valence-corrected chi connectivity index (χ3v) is 4.17. The maximum atomic E-state index is 6.27. The van der Waals surface area contributed by atoms with E-state index >= 15 is 0 Å². The molecule has 1 aromatic carbocycles. The Labute approximate surface area is 131 Å². The van der Waals surface area contributed by atoms with Crippen LogP contribution in [0.25, 0.3) is 11.3 Å². The molecule has 0 bridgehead atoms. The predicted octanol–water partition coefficient (Wildman–Crippen LogP) is 4.64. The molecular weight excluding hydrogens is 280 g/mol. The number of hydrogen-bond donors (Lipinski definition) is 1. The maximum absolute atomic E-state index is 6.27. The second kappa shape index (κ2) is 6.16. The molecule has 1 aromatic heterocycles. The average molecular weight is 304 g/mol. The summed E-state index contributed by atoms with van der Waals surface area (Å²) in [6.07, 6.45) is 0.187. The van der Waals surface area contributed by atoms with Crippen molar-refractivity contribution < 1.29 is 4.74 Å². The smallest absolute Gasteiger partial charge is 0.119 e. The van der Waals surface area contributed by atoms with E-state index in [4.69, 9.17) is 15.5 Å². The van der Waals surface area contributed by atoms with Crippen molar-refractivity contribution in [3.8, 4) is 17.0 Å². The molecule has 1 heterocycles. The first-order chi connectivity index (χ1) is 9.77. The Morgan fingerprint density at radius 1 is 1.14 bits per heavy atom. The van der Waals surface area contributed by atoms with Crippen molar-refractivity contribution in [3.63, 3.8) is 0 Å². The van der Waals surface area contributed by atoms with Crippen LogP contribution in [0.4, 0.5) is 0 Å². The van der Waals surface area contributed by atoms with Gasteiger partial charge < -0.3 is 10.5 Å². The van der Waals surface area contributed by atoms with Crippen LogP contribution < -0.4 is 10.5 Å². The highest BCUT2D eigenvalue weighted by atomic mass is 32.1. The quantitative estimate of drug-likeness (QED) is 0.895. The van der Waals surface area contributed by atoms with Crippen molar-refractivity contribution in [2.45, 2.75) is 46.8 Å². The molecule has 0 aliphatic rings. The normalized spacial score (nSPS) is 13.5. The van der Waals surface area contributed by atoms with Gasteiger partial charge in [-0.1, -0.05) is 20.8 Å². The third kappa shape index (κ3) is 4.05. The van der Waals surface area contributed by atoms with Gasteiger partial charge in [0.15, 0.2) is 0 Å². The van der Waals surface area contributed by atoms with Gasteiger partial charge in [-0.3, -0.25) is 0 Å². The highest BCUT2D eigenvalue weighted by Crippen LogP contribution is 2.34. The van der Waals surface area contributed by atoms with E-state index in [1.165, 1.54) is 0 Å². The lowest BCUT2D eigenvalue weighted by Gasteiger charge is -2.24. The van der Waals surface area contributed by atoms with Gasteiger partial charge in [0.2, 0.25) is 0 Å². The van der Waals surface area contributed by atoms with Gasteiger partial charge in [-0.15, -0.1) is 11.3 Å². The van der Waals surface area contributed by atoms with Crippen molar-refractivity contribution in [2.24, 2.45) is 11.1 Å². The minimum atomic E-state index is -0.0419. The zero-order valence-corrected chi connectivity index (χ0v) is 14.2. The Hall–Kier alpha value is -1.39. The van der Waals surface area contributed by atoms with Crippen molar-refractivity contribution in [3.05, 3.63) is 34.7 Å². The van der Waals surface area contributed by atoms with Crippen LogP contribution in [0.5, 0.6) is 5.75 Å². The fraction of sp³-hybridized carbons (Fsp3) is 0.471. The van der Waals surface area contributed by atoms with Crippen molar-refractivity contribution in [1.29, 1.82) is 0 Å². The minimum Gasteiger partial charge on any atom is -0.491 e. The molecule has 0 amide bonds. The number of hydrogen-bond acceptors (Lipinski definition) is 4. The van der Waals surface area contributed by atoms with Crippen molar-refractivity contribution in [2.75, 3.05) is 0 Å². The number of aromatic nitrogens is 1. The number of nitrogens with zero attached hydrogens (tertiary/aromatic N) is 1. The summed E-state index contributed by atoms with van der Waals surface area (Å²) in [6.45, 7) is 10.5. The summed E-state index contributed by atoms with van der Waals surface area (Å²) in [7, 11) is 0. The van der Waals surface area contributed by atoms with Gasteiger partial charge in [-0.05, 0) is 43.5 Å². The Balaban J connectivity index is 2.18. The molecular formula is C17H24N2OS. The van der Waals surface area contributed by atoms with E-state index in [-0.39, 0.29) is 17.6 Å². The molecule has 0 saturated heterocycles. The molecule has 0 spiro atoms. The SMILES string of the molecule is CC(C)Oc1ccc(-c2csc(C(N)C(C)(C)C)n2)cc1. The van der Waals surface area contributed by atoms with Crippen LogP contribution in [0.1, 0.15) is 45.7 Å². The van der Waals surface area contributed by atoms with Crippen LogP contribution in [0.3, 0.4) is 0 Å². The first kappa shape index (κ1) is 16.0. The molecule has 21 heavy (non-hydrogen) atoms. The number of benzene rings is 1. The number of ether oxygens (including phenoxy) is 1. The standard InChI is InChI=1S/C17H24N2OS/c1-11(2)20-13-8-6-12(7-9-13)14-10-21-16(19-14)15(18)17(3,4)5/h6-11,15H,18H2,1-5H3. The van der Waals surface area contributed by atoms with E-state index in [2.05, 4.69) is 26.2 Å². The van der Waals surface area contributed by atoms with Crippen LogP contribution in [-0.4, -0.2) is 11.1 Å². The van der Waals surface area contributed by atoms with Crippen LogP contribution in [0, 0.1) is 5.41 Å². The van der Waals surface area contributed by atoms with Gasteiger partial charge in [0.25, 0.3) is 0 Å². The summed E-state index contributed by atoms with van der Waals surface area (Å²) in [5.41, 5.74) is 8.36. The lowest BCUT2D eigenvalue weighted by atomic mass is 9.88. The van der Waals surface area contributed by atoms with Crippen LogP contribution >= 0.6 is 11.3 Å². The van der Waals surface area contributed by atoms with E-state index in [1.54, 1.807) is 11.3 Å². The fourth-order valence-electron chi connectivity index (χ4n) is 1.91. The van der Waals surface area contributed by atoms with Crippen molar-refractivity contribution in [1.82, 2.24) is 4.98 Å². The molecule has 0 aliphatic carbocycles. The van der Waals surface area contributed by atoms with Gasteiger partial charge in [0.05, 0.1) is 17.8 Å². The van der Waals surface area contributed by atoms with Gasteiger partial charge in [-0.25, -0.2) is 4.98 Å². The van der Waals surface area contributed by atoms with E-state index in [1.807, 2.05) is 38.1 Å². The number of nitrogens with two attached hydrogens (primary N) is 1. The van der Waals surface area contributed by atoms with Crippen LogP contribution in [-0.2, 0) is 0 Å². The molecule has 0 radical (unpaired) electrons. The highest BCUT2D eigenvalue weighted by Gasteiger charge is 2.25. The summed E-state index contributed by atoms with van der Waals surface area (Å²) in [6, 6.07) is 8.01. The zero-order chi connectivity index (χ0) is 15.6. The fourth-order valence-corrected chi connectivity index (χ4v) is 2.98. The molecule has 4 heteroatoms. The summed E-state index contributed by atoms with van der Waals surface area (Å²) < 4.78 is 5.66. The van der Waals surface area contributed by atoms with Crippen molar-refractivity contribution >= 4 is 11.3 Å². The van der Waals surface area contributed by atoms with E-state index in [9.17, 15) is 0 Å². The second-order valence-electron chi connectivity index (χ2n) is 6.61. The van der Waals surface area contributed by atoms with E-state index < -0.39 is 0 Å². The minimum absolute atomic E-state index is 0.0179. The highest BCUT2D eigenvalue weighted by molar-refractivity contribution is 7.10. The molecule has 114 valence electrons. The maximum Gasteiger partial charge on any atom is 0.119 e. The Morgan fingerprint density at radius 2 is 1.76 bits per heavy atom. The average Bonchev–Trinajstić information content (AvgIpc) is 2.86. The van der Waals surface area contributed by atoms with Crippen LogP contribution in [0.2, 0.25) is 0 Å². The molecule has 2 aromatic rings. The summed E-state index contributed by atoms with van der Waals surface area (Å²) in [5, 5.41) is 3.05. The molecule has 0 fully saturated rings. The number of thiazole rings is 1. The van der Waals surface area contributed by atoms with Gasteiger partial charge in [-0.2, -0.15) is 0 Å². The van der Waals surface area contributed by atoms with E-state index in [0.29, 0.717) is 0 Å². The van der Waals surface area contributed by atoms with Gasteiger partial charge >= 0.3 is 0 Å². The third-order valence-electron chi connectivity index (χ3n) is 3.24. The topological polar surface area (TPSA) is 48.1 Å². The second-order valence-corrected chi connectivity index (χ2v) is 7.50. The Bertz CT molecular complexity index is 582. The number of rotatable bonds is 4. The van der Waals surface area contributed by atoms with Gasteiger partial charge in [0.1, 0.15) is 10.8 Å². The Morgan fingerprint density at radius 3 is 2.29 bits per heavy atom. The zero-order valence-electron chi connectivity index (χ0n) is 13.4. The summed E-state index contributed by atoms with van der Waals surface area (Å²) in [5.74, 6) is 0.885. The molecule has 1 unspecified atom stereocenters. The van der Waals surface area contributed by atoms with E-state index in [0.717, 1.165) is 22.0 Å². The Kier molecular flexibility index (Phi) is 4.69. The van der Waals surface area contributed by atoms with Gasteiger partial charge in [0, 0.05) is 10.9 Å². The first-order valence-corrected chi connectivity index (χ1v) is 8.13. The molecule has 1 atom stereocenters. The molecule has 3 nitrogen and oxygen atoms in total. The lowest BCUT2D eigenvalue weighted by Crippen LogP contribution is -2.26. The summed E-state index contributed by atoms with van der Waals surface area (Å²) >= 11 is 1.63. The largest absolute Gasteiger partial charge is 0.491 e. The molecule has 0 aliphatic heterocycles.